The van der Waals surface area contributed by atoms with Crippen molar-refractivity contribution in [2.24, 2.45) is 0 Å². The molecule has 1 aromatic heterocycles. The number of carbonyl (C=O) groups excluding carboxylic acids is 1. The number of benzene rings is 1. The number of fused-ring (bicyclic) bond motifs is 1. The van der Waals surface area contributed by atoms with Crippen LogP contribution in [0.4, 0.5) is 5.69 Å². The highest BCUT2D eigenvalue weighted by Gasteiger charge is 2.22. The lowest BCUT2D eigenvalue weighted by Gasteiger charge is -2.19. The van der Waals surface area contributed by atoms with Gasteiger partial charge in [-0.05, 0) is 64.4 Å². The second-order valence-corrected chi connectivity index (χ2v) is 8.68. The van der Waals surface area contributed by atoms with Crippen molar-refractivity contribution in [1.82, 2.24) is 14.5 Å². The van der Waals surface area contributed by atoms with Gasteiger partial charge < -0.3 is 10.2 Å². The Morgan fingerprint density at radius 2 is 1.93 bits per heavy atom. The Morgan fingerprint density at radius 3 is 2.63 bits per heavy atom. The fourth-order valence-corrected chi connectivity index (χ4v) is 4.77. The van der Waals surface area contributed by atoms with E-state index in [1.54, 1.807) is 0 Å². The molecule has 0 bridgehead atoms. The quantitative estimate of drug-likeness (QED) is 0.463. The topological polar surface area (TPSA) is 67.2 Å². The van der Waals surface area contributed by atoms with Crippen LogP contribution in [0.5, 0.6) is 0 Å². The zero-order valence-corrected chi connectivity index (χ0v) is 19.1. The number of thioether (sulfide) groups is 1. The standard InChI is InChI=1S/C23H32N4O2S/c1-4-26(5-2)14-7-15-27-20-9-6-8-19(20)22(25-23(27)29)30-16-21(28)24-18-12-10-17(3)11-13-18/h10-13H,4-9,14-16H2,1-3H3,(H,24,28). The lowest BCUT2D eigenvalue weighted by Crippen LogP contribution is -2.30. The van der Waals surface area contributed by atoms with E-state index in [0.717, 1.165) is 72.9 Å². The number of aryl methyl sites for hydroxylation is 1. The summed E-state index contributed by atoms with van der Waals surface area (Å²) in [6.07, 6.45) is 3.84. The van der Waals surface area contributed by atoms with Crippen LogP contribution in [0.2, 0.25) is 0 Å². The van der Waals surface area contributed by atoms with E-state index in [9.17, 15) is 9.59 Å². The molecule has 0 spiro atoms. The molecule has 0 unspecified atom stereocenters. The minimum atomic E-state index is -0.184. The van der Waals surface area contributed by atoms with Gasteiger partial charge in [0.2, 0.25) is 5.91 Å². The Kier molecular flexibility index (Phi) is 8.10. The van der Waals surface area contributed by atoms with Crippen molar-refractivity contribution in [1.29, 1.82) is 0 Å². The smallest absolute Gasteiger partial charge is 0.325 e. The number of amides is 1. The van der Waals surface area contributed by atoms with Gasteiger partial charge in [0.1, 0.15) is 5.03 Å². The number of rotatable bonds is 10. The number of hydrogen-bond donors (Lipinski definition) is 1. The molecule has 30 heavy (non-hydrogen) atoms. The third-order valence-electron chi connectivity index (χ3n) is 5.63. The zero-order valence-electron chi connectivity index (χ0n) is 18.2. The molecule has 1 amide bonds. The summed E-state index contributed by atoms with van der Waals surface area (Å²) in [6, 6.07) is 7.73. The maximum Gasteiger partial charge on any atom is 0.348 e. The number of aromatic nitrogens is 2. The van der Waals surface area contributed by atoms with Gasteiger partial charge in [-0.3, -0.25) is 9.36 Å². The lowest BCUT2D eigenvalue weighted by atomic mass is 10.2. The van der Waals surface area contributed by atoms with Gasteiger partial charge in [-0.2, -0.15) is 4.98 Å². The third kappa shape index (κ3) is 5.73. The first-order valence-electron chi connectivity index (χ1n) is 10.9. The van der Waals surface area contributed by atoms with Gasteiger partial charge in [-0.25, -0.2) is 4.79 Å². The molecule has 0 saturated carbocycles. The van der Waals surface area contributed by atoms with Crippen LogP contribution in [0.1, 0.15) is 43.5 Å². The van der Waals surface area contributed by atoms with Crippen molar-refractivity contribution in [3.63, 3.8) is 0 Å². The molecule has 0 aliphatic heterocycles. The van der Waals surface area contributed by atoms with Crippen molar-refractivity contribution >= 4 is 23.4 Å². The van der Waals surface area contributed by atoms with Crippen molar-refractivity contribution < 1.29 is 4.79 Å². The predicted octanol–water partition coefficient (Wildman–Crippen LogP) is 3.50. The predicted molar refractivity (Wildman–Crippen MR) is 123 cm³/mol. The van der Waals surface area contributed by atoms with Crippen LogP contribution in [0.25, 0.3) is 0 Å². The average molecular weight is 429 g/mol. The van der Waals surface area contributed by atoms with Crippen LogP contribution in [0, 0.1) is 6.92 Å². The molecular weight excluding hydrogens is 396 g/mol. The molecule has 1 aromatic carbocycles. The van der Waals surface area contributed by atoms with Crippen LogP contribution < -0.4 is 11.0 Å². The van der Waals surface area contributed by atoms with Crippen LogP contribution >= 0.6 is 11.8 Å². The first-order valence-corrected chi connectivity index (χ1v) is 11.8. The van der Waals surface area contributed by atoms with Gasteiger partial charge in [-0.1, -0.05) is 43.3 Å². The summed E-state index contributed by atoms with van der Waals surface area (Å²) in [5.41, 5.74) is 4.03. The Morgan fingerprint density at radius 1 is 1.20 bits per heavy atom. The molecule has 2 aromatic rings. The Hall–Kier alpha value is -2.12. The molecule has 0 saturated heterocycles. The number of anilines is 1. The first kappa shape index (κ1) is 22.6. The van der Waals surface area contributed by atoms with E-state index in [4.69, 9.17) is 0 Å². The van der Waals surface area contributed by atoms with Crippen LogP contribution in [0.15, 0.2) is 34.1 Å². The monoisotopic (exact) mass is 428 g/mol. The molecule has 1 aliphatic carbocycles. The summed E-state index contributed by atoms with van der Waals surface area (Å²) >= 11 is 1.37. The Bertz CT molecular complexity index is 920. The summed E-state index contributed by atoms with van der Waals surface area (Å²) in [6.45, 7) is 10.1. The molecule has 0 fully saturated rings. The van der Waals surface area contributed by atoms with E-state index < -0.39 is 0 Å². The van der Waals surface area contributed by atoms with Gasteiger partial charge in [-0.15, -0.1) is 0 Å². The van der Waals surface area contributed by atoms with Crippen LogP contribution in [-0.2, 0) is 24.2 Å². The summed E-state index contributed by atoms with van der Waals surface area (Å²) in [5.74, 6) is 0.166. The summed E-state index contributed by atoms with van der Waals surface area (Å²) < 4.78 is 1.86. The van der Waals surface area contributed by atoms with E-state index in [1.165, 1.54) is 11.8 Å². The van der Waals surface area contributed by atoms with Crippen molar-refractivity contribution in [3.05, 3.63) is 51.6 Å². The molecular formula is C23H32N4O2S. The van der Waals surface area contributed by atoms with E-state index in [0.29, 0.717) is 6.54 Å². The molecule has 0 radical (unpaired) electrons. The second kappa shape index (κ2) is 10.8. The number of hydrogen-bond acceptors (Lipinski definition) is 5. The van der Waals surface area contributed by atoms with Crippen molar-refractivity contribution in [2.45, 2.75) is 58.0 Å². The molecule has 1 N–H and O–H groups in total. The van der Waals surface area contributed by atoms with Gasteiger partial charge in [0.15, 0.2) is 0 Å². The minimum absolute atomic E-state index is 0.0826. The van der Waals surface area contributed by atoms with Crippen LogP contribution in [0.3, 0.4) is 0 Å². The highest BCUT2D eigenvalue weighted by molar-refractivity contribution is 8.00. The fourth-order valence-electron chi connectivity index (χ4n) is 3.90. The van der Waals surface area contributed by atoms with E-state index in [1.807, 2.05) is 35.8 Å². The molecule has 1 aliphatic rings. The van der Waals surface area contributed by atoms with Gasteiger partial charge in [0, 0.05) is 23.5 Å². The zero-order chi connectivity index (χ0) is 21.5. The number of carbonyl (C=O) groups is 1. The second-order valence-electron chi connectivity index (χ2n) is 7.71. The number of nitrogens with one attached hydrogen (secondary N) is 1. The van der Waals surface area contributed by atoms with Crippen LogP contribution in [-0.4, -0.2) is 45.7 Å². The van der Waals surface area contributed by atoms with Crippen molar-refractivity contribution in [3.8, 4) is 0 Å². The molecule has 162 valence electrons. The normalized spacial score (nSPS) is 12.9. The van der Waals surface area contributed by atoms with Crippen molar-refractivity contribution in [2.75, 3.05) is 30.7 Å². The van der Waals surface area contributed by atoms with Gasteiger partial charge >= 0.3 is 5.69 Å². The first-order chi connectivity index (χ1) is 14.5. The summed E-state index contributed by atoms with van der Waals surface area (Å²) in [4.78, 5) is 31.8. The SMILES string of the molecule is CCN(CC)CCCn1c2c(c(SCC(=O)Nc3ccc(C)cc3)nc1=O)CCC2. The van der Waals surface area contributed by atoms with Gasteiger partial charge in [0.25, 0.3) is 0 Å². The summed E-state index contributed by atoms with van der Waals surface area (Å²) in [7, 11) is 0. The highest BCUT2D eigenvalue weighted by Crippen LogP contribution is 2.29. The van der Waals surface area contributed by atoms with Gasteiger partial charge in [0.05, 0.1) is 5.75 Å². The maximum atomic E-state index is 12.7. The highest BCUT2D eigenvalue weighted by atomic mass is 32.2. The molecule has 3 rings (SSSR count). The number of nitrogens with zero attached hydrogens (tertiary/aromatic N) is 3. The minimum Gasteiger partial charge on any atom is -0.325 e. The van der Waals surface area contributed by atoms with E-state index in [-0.39, 0.29) is 17.3 Å². The molecule has 7 heteroatoms. The fraction of sp³-hybridized carbons (Fsp3) is 0.522. The average Bonchev–Trinajstić information content (AvgIpc) is 3.23. The largest absolute Gasteiger partial charge is 0.348 e. The molecule has 0 atom stereocenters. The van der Waals surface area contributed by atoms with E-state index >= 15 is 0 Å². The molecule has 6 nitrogen and oxygen atoms in total. The summed E-state index contributed by atoms with van der Waals surface area (Å²) in [5, 5.41) is 3.64. The third-order valence-corrected chi connectivity index (χ3v) is 6.64. The lowest BCUT2D eigenvalue weighted by molar-refractivity contribution is -0.113. The maximum absolute atomic E-state index is 12.7. The molecule has 1 heterocycles. The Labute approximate surface area is 183 Å². The van der Waals surface area contributed by atoms with E-state index in [2.05, 4.69) is 29.0 Å². The Balaban J connectivity index is 1.64.